The van der Waals surface area contributed by atoms with Gasteiger partial charge in [0.05, 0.1) is 0 Å². The summed E-state index contributed by atoms with van der Waals surface area (Å²) in [6.45, 7) is 7.71. The number of nitrogens with two attached hydrogens (primary N) is 1. The Hall–Kier alpha value is -0.120. The van der Waals surface area contributed by atoms with Gasteiger partial charge in [-0.1, -0.05) is 20.3 Å². The fourth-order valence-electron chi connectivity index (χ4n) is 3.04. The molecule has 96 valence electrons. The smallest absolute Gasteiger partial charge is 0.0445 e. The highest BCUT2D eigenvalue weighted by atomic mass is 16.3. The number of aliphatic hydroxyl groups excluding tert-OH is 1. The third-order valence-corrected chi connectivity index (χ3v) is 4.21. The van der Waals surface area contributed by atoms with Crippen LogP contribution in [-0.4, -0.2) is 29.8 Å². The first kappa shape index (κ1) is 13.9. The Morgan fingerprint density at radius 1 is 1.44 bits per heavy atom. The lowest BCUT2D eigenvalue weighted by molar-refractivity contribution is 0.109. The Morgan fingerprint density at radius 2 is 2.12 bits per heavy atom. The second-order valence-corrected chi connectivity index (χ2v) is 5.71. The molecule has 16 heavy (non-hydrogen) atoms. The van der Waals surface area contributed by atoms with Crippen LogP contribution in [0.1, 0.15) is 46.5 Å². The first-order valence-corrected chi connectivity index (χ1v) is 6.62. The molecule has 3 heteroatoms. The maximum atomic E-state index is 8.97. The summed E-state index contributed by atoms with van der Waals surface area (Å²) < 4.78 is 0. The zero-order chi connectivity index (χ0) is 12.2. The fourth-order valence-corrected chi connectivity index (χ4v) is 3.04. The number of aliphatic hydroxyl groups is 1. The van der Waals surface area contributed by atoms with E-state index in [2.05, 4.69) is 26.1 Å². The number of rotatable bonds is 5. The van der Waals surface area contributed by atoms with Crippen LogP contribution in [0.5, 0.6) is 0 Å². The number of hydrogen-bond donors (Lipinski definition) is 3. The van der Waals surface area contributed by atoms with Gasteiger partial charge in [0.1, 0.15) is 0 Å². The van der Waals surface area contributed by atoms with Crippen molar-refractivity contribution in [3.8, 4) is 0 Å². The molecule has 0 aromatic heterocycles. The molecule has 1 saturated carbocycles. The summed E-state index contributed by atoms with van der Waals surface area (Å²) in [6.07, 6.45) is 4.56. The van der Waals surface area contributed by atoms with Crippen molar-refractivity contribution in [3.63, 3.8) is 0 Å². The topological polar surface area (TPSA) is 58.3 Å². The normalized spacial score (nSPS) is 37.3. The van der Waals surface area contributed by atoms with Gasteiger partial charge in [0, 0.05) is 24.7 Å². The molecule has 0 heterocycles. The van der Waals surface area contributed by atoms with Gasteiger partial charge in [-0.05, 0) is 38.0 Å². The molecule has 1 aliphatic carbocycles. The third-order valence-electron chi connectivity index (χ3n) is 4.21. The van der Waals surface area contributed by atoms with Crippen LogP contribution in [0.15, 0.2) is 0 Å². The number of nitrogens with one attached hydrogen (secondary N) is 1. The number of hydrogen-bond acceptors (Lipinski definition) is 3. The van der Waals surface area contributed by atoms with Gasteiger partial charge in [0.2, 0.25) is 0 Å². The largest absolute Gasteiger partial charge is 0.396 e. The molecule has 4 unspecified atom stereocenters. The average Bonchev–Trinajstić information content (AvgIpc) is 2.24. The summed E-state index contributed by atoms with van der Waals surface area (Å²) in [4.78, 5) is 0. The van der Waals surface area contributed by atoms with Gasteiger partial charge in [-0.25, -0.2) is 0 Å². The van der Waals surface area contributed by atoms with Crippen molar-refractivity contribution in [2.24, 2.45) is 17.6 Å². The highest BCUT2D eigenvalue weighted by Crippen LogP contribution is 2.36. The first-order chi connectivity index (χ1) is 7.54. The van der Waals surface area contributed by atoms with Gasteiger partial charge >= 0.3 is 0 Å². The quantitative estimate of drug-likeness (QED) is 0.668. The summed E-state index contributed by atoms with van der Waals surface area (Å²) in [6, 6.07) is 0.348. The van der Waals surface area contributed by atoms with Gasteiger partial charge in [0.15, 0.2) is 0 Å². The van der Waals surface area contributed by atoms with E-state index in [1.165, 1.54) is 19.3 Å². The van der Waals surface area contributed by atoms with E-state index in [9.17, 15) is 0 Å². The van der Waals surface area contributed by atoms with Crippen molar-refractivity contribution in [3.05, 3.63) is 0 Å². The van der Waals surface area contributed by atoms with E-state index < -0.39 is 0 Å². The molecular formula is C13H28N2O. The van der Waals surface area contributed by atoms with E-state index in [1.807, 2.05) is 0 Å². The molecule has 1 aliphatic rings. The monoisotopic (exact) mass is 228 g/mol. The molecule has 0 aromatic carbocycles. The van der Waals surface area contributed by atoms with E-state index >= 15 is 0 Å². The molecule has 1 fully saturated rings. The molecule has 0 saturated heterocycles. The van der Waals surface area contributed by atoms with E-state index in [0.29, 0.717) is 18.5 Å². The van der Waals surface area contributed by atoms with E-state index in [4.69, 9.17) is 10.8 Å². The van der Waals surface area contributed by atoms with Gasteiger partial charge in [0.25, 0.3) is 0 Å². The minimum absolute atomic E-state index is 0.0895. The summed E-state index contributed by atoms with van der Waals surface area (Å²) in [7, 11) is 0. The summed E-state index contributed by atoms with van der Waals surface area (Å²) in [5.41, 5.74) is 6.10. The molecule has 1 rings (SSSR count). The van der Waals surface area contributed by atoms with Gasteiger partial charge in [-0.15, -0.1) is 0 Å². The summed E-state index contributed by atoms with van der Waals surface area (Å²) in [5.74, 6) is 1.39. The lowest BCUT2D eigenvalue weighted by Gasteiger charge is -2.47. The van der Waals surface area contributed by atoms with Crippen LogP contribution in [0.2, 0.25) is 0 Å². The zero-order valence-corrected chi connectivity index (χ0v) is 11.0. The Bertz CT molecular complexity index is 210. The van der Waals surface area contributed by atoms with Crippen LogP contribution in [0, 0.1) is 11.8 Å². The predicted octanol–water partition coefficient (Wildman–Crippen LogP) is 1.50. The van der Waals surface area contributed by atoms with Gasteiger partial charge < -0.3 is 16.2 Å². The van der Waals surface area contributed by atoms with Gasteiger partial charge in [-0.2, -0.15) is 0 Å². The Labute approximate surface area is 99.8 Å². The molecule has 0 aromatic rings. The second kappa shape index (κ2) is 5.99. The van der Waals surface area contributed by atoms with Crippen LogP contribution >= 0.6 is 0 Å². The van der Waals surface area contributed by atoms with Crippen LogP contribution in [0.4, 0.5) is 0 Å². The first-order valence-electron chi connectivity index (χ1n) is 6.62. The van der Waals surface area contributed by atoms with Crippen LogP contribution < -0.4 is 11.1 Å². The average molecular weight is 228 g/mol. The lowest BCUT2D eigenvalue weighted by Crippen LogP contribution is -2.61. The molecule has 4 N–H and O–H groups in total. The van der Waals surface area contributed by atoms with Gasteiger partial charge in [-0.3, -0.25) is 0 Å². The standard InChI is InChI=1S/C13H28N2O/c1-10-4-5-11(2)13(8-10,9-14)15-12(3)6-7-16/h10-12,15-16H,4-9,14H2,1-3H3. The van der Waals surface area contributed by atoms with Crippen LogP contribution in [0.25, 0.3) is 0 Å². The molecule has 0 bridgehead atoms. The van der Waals surface area contributed by atoms with E-state index in [-0.39, 0.29) is 12.1 Å². The summed E-state index contributed by atoms with van der Waals surface area (Å²) >= 11 is 0. The maximum absolute atomic E-state index is 8.97. The van der Waals surface area contributed by atoms with Crippen molar-refractivity contribution in [1.82, 2.24) is 5.32 Å². The Kier molecular flexibility index (Phi) is 5.22. The molecule has 4 atom stereocenters. The van der Waals surface area contributed by atoms with Crippen LogP contribution in [0.3, 0.4) is 0 Å². The molecule has 3 nitrogen and oxygen atoms in total. The summed E-state index contributed by atoms with van der Waals surface area (Å²) in [5, 5.41) is 12.6. The van der Waals surface area contributed by atoms with Crippen molar-refractivity contribution in [2.75, 3.05) is 13.2 Å². The van der Waals surface area contributed by atoms with Crippen molar-refractivity contribution < 1.29 is 5.11 Å². The molecule has 0 aliphatic heterocycles. The zero-order valence-electron chi connectivity index (χ0n) is 11.0. The van der Waals surface area contributed by atoms with Crippen molar-refractivity contribution in [2.45, 2.75) is 58.0 Å². The maximum Gasteiger partial charge on any atom is 0.0445 e. The molecule has 0 radical (unpaired) electrons. The third kappa shape index (κ3) is 3.19. The highest BCUT2D eigenvalue weighted by Gasteiger charge is 2.39. The SMILES string of the molecule is CC1CCC(C)C(CN)(NC(C)CCO)C1. The Balaban J connectivity index is 2.66. The van der Waals surface area contributed by atoms with Crippen molar-refractivity contribution in [1.29, 1.82) is 0 Å². The molecular weight excluding hydrogens is 200 g/mol. The second-order valence-electron chi connectivity index (χ2n) is 5.71. The van der Waals surface area contributed by atoms with E-state index in [1.54, 1.807) is 0 Å². The minimum Gasteiger partial charge on any atom is -0.396 e. The van der Waals surface area contributed by atoms with Crippen LogP contribution in [-0.2, 0) is 0 Å². The lowest BCUT2D eigenvalue weighted by atomic mass is 9.69. The predicted molar refractivity (Wildman–Crippen MR) is 68.3 cm³/mol. The highest BCUT2D eigenvalue weighted by molar-refractivity contribution is 4.99. The molecule has 0 amide bonds. The fraction of sp³-hybridized carbons (Fsp3) is 1.00. The Morgan fingerprint density at radius 3 is 2.69 bits per heavy atom. The molecule has 0 spiro atoms. The van der Waals surface area contributed by atoms with E-state index in [0.717, 1.165) is 12.3 Å². The van der Waals surface area contributed by atoms with Crippen molar-refractivity contribution >= 4 is 0 Å². The minimum atomic E-state index is 0.0895.